The molecule has 1 aliphatic heterocycles. The zero-order valence-electron chi connectivity index (χ0n) is 10.1. The van der Waals surface area contributed by atoms with Gasteiger partial charge in [-0.3, -0.25) is 9.58 Å². The highest BCUT2D eigenvalue weighted by atomic mass is 15.3. The molecule has 1 aromatic heterocycles. The van der Waals surface area contributed by atoms with Crippen LogP contribution in [0.1, 0.15) is 31.7 Å². The third kappa shape index (κ3) is 3.06. The van der Waals surface area contributed by atoms with E-state index in [9.17, 15) is 0 Å². The summed E-state index contributed by atoms with van der Waals surface area (Å²) in [5, 5.41) is 4.35. The predicted molar refractivity (Wildman–Crippen MR) is 65.0 cm³/mol. The van der Waals surface area contributed by atoms with E-state index in [2.05, 4.69) is 23.1 Å². The van der Waals surface area contributed by atoms with Gasteiger partial charge in [-0.1, -0.05) is 6.92 Å². The van der Waals surface area contributed by atoms with E-state index in [1.807, 2.05) is 10.9 Å². The fourth-order valence-electron chi connectivity index (χ4n) is 2.33. The average Bonchev–Trinajstić information content (AvgIpc) is 2.66. The third-order valence-corrected chi connectivity index (χ3v) is 3.09. The molecular formula is C12H22N4. The number of nitrogens with two attached hydrogens (primary N) is 1. The first-order chi connectivity index (χ1) is 7.78. The molecule has 0 aromatic carbocycles. The standard InChI is InChI=1S/C12H22N4/c1-2-5-16-9-11(7-14-16)8-15-6-3-4-12(13)10-15/h7,9,12H,2-6,8,10,13H2,1H3. The molecule has 4 heteroatoms. The minimum atomic E-state index is 0.361. The van der Waals surface area contributed by atoms with Gasteiger partial charge in [0.25, 0.3) is 0 Å². The van der Waals surface area contributed by atoms with Crippen LogP contribution < -0.4 is 5.73 Å². The molecule has 1 aliphatic rings. The number of piperidine rings is 1. The van der Waals surface area contributed by atoms with E-state index in [0.717, 1.165) is 26.1 Å². The van der Waals surface area contributed by atoms with Crippen LogP contribution >= 0.6 is 0 Å². The van der Waals surface area contributed by atoms with Crippen molar-refractivity contribution in [1.82, 2.24) is 14.7 Å². The van der Waals surface area contributed by atoms with E-state index >= 15 is 0 Å². The number of hydrogen-bond donors (Lipinski definition) is 1. The molecule has 1 unspecified atom stereocenters. The van der Waals surface area contributed by atoms with Crippen molar-refractivity contribution in [3.63, 3.8) is 0 Å². The van der Waals surface area contributed by atoms with E-state index in [1.54, 1.807) is 0 Å². The molecule has 2 heterocycles. The lowest BCUT2D eigenvalue weighted by Crippen LogP contribution is -2.42. The zero-order valence-corrected chi connectivity index (χ0v) is 10.1. The van der Waals surface area contributed by atoms with E-state index in [4.69, 9.17) is 5.73 Å². The van der Waals surface area contributed by atoms with Gasteiger partial charge in [-0.2, -0.15) is 5.10 Å². The monoisotopic (exact) mass is 222 g/mol. The normalized spacial score (nSPS) is 22.5. The van der Waals surface area contributed by atoms with Crippen molar-refractivity contribution in [3.8, 4) is 0 Å². The summed E-state index contributed by atoms with van der Waals surface area (Å²) in [6.07, 6.45) is 7.67. The summed E-state index contributed by atoms with van der Waals surface area (Å²) in [5.41, 5.74) is 7.28. The summed E-state index contributed by atoms with van der Waals surface area (Å²) in [7, 11) is 0. The summed E-state index contributed by atoms with van der Waals surface area (Å²) in [6.45, 7) is 6.38. The van der Waals surface area contributed by atoms with Crippen LogP contribution in [-0.4, -0.2) is 33.8 Å². The van der Waals surface area contributed by atoms with Crippen LogP contribution in [0.4, 0.5) is 0 Å². The Balaban J connectivity index is 1.87. The second-order valence-corrected chi connectivity index (χ2v) is 4.75. The Labute approximate surface area is 97.4 Å². The summed E-state index contributed by atoms with van der Waals surface area (Å²) < 4.78 is 2.03. The molecule has 90 valence electrons. The number of likely N-dealkylation sites (tertiary alicyclic amines) is 1. The van der Waals surface area contributed by atoms with Crippen molar-refractivity contribution in [3.05, 3.63) is 18.0 Å². The maximum Gasteiger partial charge on any atom is 0.0534 e. The third-order valence-electron chi connectivity index (χ3n) is 3.09. The molecule has 1 fully saturated rings. The van der Waals surface area contributed by atoms with Crippen molar-refractivity contribution < 1.29 is 0 Å². The maximum absolute atomic E-state index is 5.97. The molecule has 4 nitrogen and oxygen atoms in total. The molecule has 2 N–H and O–H groups in total. The fourth-order valence-corrected chi connectivity index (χ4v) is 2.33. The summed E-state index contributed by atoms with van der Waals surface area (Å²) >= 11 is 0. The van der Waals surface area contributed by atoms with Crippen LogP contribution in [0.5, 0.6) is 0 Å². The Morgan fingerprint density at radius 1 is 1.56 bits per heavy atom. The molecule has 1 atom stereocenters. The second-order valence-electron chi connectivity index (χ2n) is 4.75. The van der Waals surface area contributed by atoms with Crippen molar-refractivity contribution in [2.45, 2.75) is 45.3 Å². The maximum atomic E-state index is 5.97. The predicted octanol–water partition coefficient (Wildman–Crippen LogP) is 1.22. The first-order valence-corrected chi connectivity index (χ1v) is 6.27. The molecule has 0 bridgehead atoms. The Hall–Kier alpha value is -0.870. The van der Waals surface area contributed by atoms with Gasteiger partial charge in [0.1, 0.15) is 0 Å². The van der Waals surface area contributed by atoms with Gasteiger partial charge in [0.15, 0.2) is 0 Å². The minimum absolute atomic E-state index is 0.361. The van der Waals surface area contributed by atoms with Gasteiger partial charge < -0.3 is 5.73 Å². The van der Waals surface area contributed by atoms with Crippen molar-refractivity contribution in [2.24, 2.45) is 5.73 Å². The topological polar surface area (TPSA) is 47.1 Å². The van der Waals surface area contributed by atoms with Crippen LogP contribution in [0, 0.1) is 0 Å². The number of aryl methyl sites for hydroxylation is 1. The van der Waals surface area contributed by atoms with Gasteiger partial charge in [-0.25, -0.2) is 0 Å². The van der Waals surface area contributed by atoms with Gasteiger partial charge in [-0.15, -0.1) is 0 Å². The largest absolute Gasteiger partial charge is 0.327 e. The Morgan fingerprint density at radius 2 is 2.44 bits per heavy atom. The van der Waals surface area contributed by atoms with Gasteiger partial charge in [0.2, 0.25) is 0 Å². The molecule has 1 aromatic rings. The molecule has 16 heavy (non-hydrogen) atoms. The van der Waals surface area contributed by atoms with Crippen LogP contribution in [-0.2, 0) is 13.1 Å². The van der Waals surface area contributed by atoms with Crippen LogP contribution in [0.25, 0.3) is 0 Å². The Morgan fingerprint density at radius 3 is 3.19 bits per heavy atom. The molecule has 0 radical (unpaired) electrons. The lowest BCUT2D eigenvalue weighted by atomic mass is 10.1. The van der Waals surface area contributed by atoms with E-state index in [1.165, 1.54) is 24.9 Å². The van der Waals surface area contributed by atoms with E-state index < -0.39 is 0 Å². The fraction of sp³-hybridized carbons (Fsp3) is 0.750. The number of nitrogens with zero attached hydrogens (tertiary/aromatic N) is 3. The van der Waals surface area contributed by atoms with Gasteiger partial charge in [-0.05, 0) is 25.8 Å². The van der Waals surface area contributed by atoms with Crippen LogP contribution in [0.15, 0.2) is 12.4 Å². The van der Waals surface area contributed by atoms with Crippen molar-refractivity contribution in [2.75, 3.05) is 13.1 Å². The summed E-state index contributed by atoms with van der Waals surface area (Å²) in [5.74, 6) is 0. The number of aromatic nitrogens is 2. The summed E-state index contributed by atoms with van der Waals surface area (Å²) in [6, 6.07) is 0.361. The van der Waals surface area contributed by atoms with Crippen molar-refractivity contribution >= 4 is 0 Å². The molecule has 0 spiro atoms. The highest BCUT2D eigenvalue weighted by Crippen LogP contribution is 2.12. The van der Waals surface area contributed by atoms with E-state index in [0.29, 0.717) is 6.04 Å². The number of hydrogen-bond acceptors (Lipinski definition) is 3. The molecule has 0 saturated carbocycles. The highest BCUT2D eigenvalue weighted by molar-refractivity contribution is 5.04. The van der Waals surface area contributed by atoms with Crippen LogP contribution in [0.2, 0.25) is 0 Å². The van der Waals surface area contributed by atoms with Crippen molar-refractivity contribution in [1.29, 1.82) is 0 Å². The lowest BCUT2D eigenvalue weighted by molar-refractivity contribution is 0.201. The molecular weight excluding hydrogens is 200 g/mol. The molecule has 0 amide bonds. The number of rotatable bonds is 4. The van der Waals surface area contributed by atoms with Gasteiger partial charge >= 0.3 is 0 Å². The van der Waals surface area contributed by atoms with E-state index in [-0.39, 0.29) is 0 Å². The van der Waals surface area contributed by atoms with Gasteiger partial charge in [0.05, 0.1) is 6.20 Å². The average molecular weight is 222 g/mol. The van der Waals surface area contributed by atoms with Gasteiger partial charge in [0, 0.05) is 37.4 Å². The smallest absolute Gasteiger partial charge is 0.0534 e. The quantitative estimate of drug-likeness (QED) is 0.833. The van der Waals surface area contributed by atoms with Crippen LogP contribution in [0.3, 0.4) is 0 Å². The Bertz CT molecular complexity index is 321. The first kappa shape index (κ1) is 11.6. The summed E-state index contributed by atoms with van der Waals surface area (Å²) in [4.78, 5) is 2.43. The first-order valence-electron chi connectivity index (χ1n) is 6.27. The Kier molecular flexibility index (Phi) is 3.96. The highest BCUT2D eigenvalue weighted by Gasteiger charge is 2.16. The second kappa shape index (κ2) is 5.46. The molecule has 1 saturated heterocycles. The molecule has 0 aliphatic carbocycles. The lowest BCUT2D eigenvalue weighted by Gasteiger charge is -2.30. The zero-order chi connectivity index (χ0) is 11.4. The molecule has 2 rings (SSSR count). The minimum Gasteiger partial charge on any atom is -0.327 e. The SMILES string of the molecule is CCCn1cc(CN2CCCC(N)C2)cn1.